The maximum Gasteiger partial charge on any atom is 0.364 e. The molecule has 5 N–H and O–H groups in total. The number of carbonyl (C=O) groups is 3. The van der Waals surface area contributed by atoms with Crippen LogP contribution >= 0.6 is 11.8 Å². The Morgan fingerprint density at radius 1 is 1.17 bits per heavy atom. The van der Waals surface area contributed by atoms with E-state index in [1.54, 1.807) is 30.8 Å². The molecule has 1 aromatic carbocycles. The first-order valence-electron chi connectivity index (χ1n) is 14.7. The number of hydrogen-bond donors (Lipinski definition) is 5. The summed E-state index contributed by atoms with van der Waals surface area (Å²) in [5.41, 5.74) is 1.71. The van der Waals surface area contributed by atoms with Crippen molar-refractivity contribution in [3.05, 3.63) is 35.4 Å². The van der Waals surface area contributed by atoms with Crippen LogP contribution in [-0.4, -0.2) is 87.9 Å². The first-order valence-corrected chi connectivity index (χ1v) is 15.9. The average molecular weight is 595 g/mol. The second-order valence-electron chi connectivity index (χ2n) is 11.1. The van der Waals surface area contributed by atoms with Crippen LogP contribution in [0, 0.1) is 5.92 Å². The van der Waals surface area contributed by atoms with Gasteiger partial charge in [-0.3, -0.25) is 9.59 Å². The summed E-state index contributed by atoms with van der Waals surface area (Å²) in [4.78, 5) is 37.1. The summed E-state index contributed by atoms with van der Waals surface area (Å²) < 4.78 is 11.7. The number of carboxylic acids is 1. The van der Waals surface area contributed by atoms with Crippen molar-refractivity contribution in [3.63, 3.8) is 0 Å². The molecule has 0 spiro atoms. The van der Waals surface area contributed by atoms with Crippen molar-refractivity contribution in [2.24, 2.45) is 5.92 Å². The molecule has 2 amide bonds. The van der Waals surface area contributed by atoms with Crippen LogP contribution < -0.4 is 10.6 Å². The van der Waals surface area contributed by atoms with E-state index < -0.39 is 47.9 Å². The lowest BCUT2D eigenvalue weighted by molar-refractivity contribution is -0.304. The Hall–Kier alpha value is -2.18. The molecular weight excluding hydrogens is 548 g/mol. The number of carbonyl (C=O) groups excluding carboxylic acids is 2. The minimum Gasteiger partial charge on any atom is -0.477 e. The fourth-order valence-electron chi connectivity index (χ4n) is 5.69. The zero-order valence-corrected chi connectivity index (χ0v) is 25.2. The van der Waals surface area contributed by atoms with Crippen LogP contribution in [0.5, 0.6) is 0 Å². The summed E-state index contributed by atoms with van der Waals surface area (Å²) >= 11 is 1.70. The highest BCUT2D eigenvalue weighted by atomic mass is 32.2. The van der Waals surface area contributed by atoms with Gasteiger partial charge in [-0.15, -0.1) is 0 Å². The minimum atomic E-state index is -2.13. The minimum absolute atomic E-state index is 0.107. The zero-order valence-electron chi connectivity index (χ0n) is 24.3. The molecule has 0 radical (unpaired) electrons. The van der Waals surface area contributed by atoms with Crippen LogP contribution in [0.1, 0.15) is 87.6 Å². The van der Waals surface area contributed by atoms with E-state index in [1.165, 1.54) is 44.6 Å². The Morgan fingerprint density at radius 2 is 1.85 bits per heavy atom. The molecule has 1 aromatic rings. The number of amides is 2. The Balaban J connectivity index is 1.66. The number of nitrogens with one attached hydrogen (secondary N) is 2. The summed E-state index contributed by atoms with van der Waals surface area (Å²) in [6.45, 7) is 4.91. The summed E-state index contributed by atoms with van der Waals surface area (Å²) in [6, 6.07) is 6.59. The molecule has 6 atom stereocenters. The second kappa shape index (κ2) is 15.9. The molecule has 230 valence electrons. The third kappa shape index (κ3) is 9.15. The molecule has 11 heteroatoms. The molecule has 41 heavy (non-hydrogen) atoms. The molecule has 10 nitrogen and oxygen atoms in total. The number of aliphatic hydroxyl groups excluding tert-OH is 2. The first-order chi connectivity index (χ1) is 19.6. The Kier molecular flexibility index (Phi) is 12.9. The molecule has 2 aliphatic rings. The number of aliphatic hydroxyl groups is 2. The van der Waals surface area contributed by atoms with Gasteiger partial charge in [0.15, 0.2) is 0 Å². The van der Waals surface area contributed by atoms with Crippen molar-refractivity contribution in [2.75, 3.05) is 24.7 Å². The van der Waals surface area contributed by atoms with Crippen LogP contribution in [-0.2, 0) is 19.1 Å². The maximum absolute atomic E-state index is 12.8. The van der Waals surface area contributed by atoms with E-state index in [0.717, 1.165) is 11.5 Å². The van der Waals surface area contributed by atoms with E-state index >= 15 is 0 Å². The summed E-state index contributed by atoms with van der Waals surface area (Å²) in [7, 11) is 0. The van der Waals surface area contributed by atoms with Gasteiger partial charge in [-0.2, -0.15) is 11.8 Å². The second-order valence-corrected chi connectivity index (χ2v) is 12.5. The normalized spacial score (nSPS) is 26.6. The van der Waals surface area contributed by atoms with E-state index in [-0.39, 0.29) is 25.5 Å². The highest BCUT2D eigenvalue weighted by Gasteiger charge is 2.55. The molecule has 2 unspecified atom stereocenters. The number of benzene rings is 1. The molecule has 1 saturated carbocycles. The Labute approximate surface area is 246 Å². The molecule has 1 aliphatic carbocycles. The third-order valence-corrected chi connectivity index (χ3v) is 9.07. The number of hydrogen-bond acceptors (Lipinski definition) is 8. The lowest BCUT2D eigenvalue weighted by Crippen LogP contribution is -2.66. The number of ether oxygens (including phenoxy) is 2. The Morgan fingerprint density at radius 3 is 2.46 bits per heavy atom. The fraction of sp³-hybridized carbons (Fsp3) is 0.700. The van der Waals surface area contributed by atoms with Gasteiger partial charge in [0.25, 0.3) is 11.7 Å². The molecule has 3 rings (SSSR count). The largest absolute Gasteiger partial charge is 0.477 e. The van der Waals surface area contributed by atoms with Gasteiger partial charge in [0, 0.05) is 31.4 Å². The topological polar surface area (TPSA) is 154 Å². The third-order valence-electron chi connectivity index (χ3n) is 8.09. The number of rotatable bonds is 14. The van der Waals surface area contributed by atoms with Gasteiger partial charge in [-0.25, -0.2) is 4.79 Å². The van der Waals surface area contributed by atoms with Crippen molar-refractivity contribution in [3.8, 4) is 0 Å². The predicted molar refractivity (Wildman–Crippen MR) is 157 cm³/mol. The van der Waals surface area contributed by atoms with Crippen molar-refractivity contribution in [1.29, 1.82) is 0 Å². The monoisotopic (exact) mass is 594 g/mol. The molecule has 2 fully saturated rings. The number of carboxylic acid groups (broad SMARTS) is 1. The molecule has 1 saturated heterocycles. The van der Waals surface area contributed by atoms with Gasteiger partial charge in [0.2, 0.25) is 5.91 Å². The predicted octanol–water partition coefficient (Wildman–Crippen LogP) is 3.06. The molecule has 1 heterocycles. The van der Waals surface area contributed by atoms with Crippen LogP contribution in [0.4, 0.5) is 0 Å². The van der Waals surface area contributed by atoms with Crippen LogP contribution in [0.2, 0.25) is 0 Å². The van der Waals surface area contributed by atoms with Gasteiger partial charge >= 0.3 is 5.97 Å². The molecular formula is C30H46N2O8S. The lowest BCUT2D eigenvalue weighted by Gasteiger charge is -2.47. The van der Waals surface area contributed by atoms with Crippen molar-refractivity contribution in [2.45, 2.75) is 102 Å². The van der Waals surface area contributed by atoms with Crippen LogP contribution in [0.25, 0.3) is 0 Å². The van der Waals surface area contributed by atoms with Gasteiger partial charge < -0.3 is 35.4 Å². The number of aliphatic carboxylic acids is 1. The molecule has 1 aliphatic heterocycles. The van der Waals surface area contributed by atoms with E-state index in [9.17, 15) is 29.7 Å². The number of thioether (sulfide) groups is 1. The van der Waals surface area contributed by atoms with E-state index in [2.05, 4.69) is 10.6 Å². The van der Waals surface area contributed by atoms with Crippen molar-refractivity contribution >= 4 is 29.5 Å². The van der Waals surface area contributed by atoms with Gasteiger partial charge in [-0.05, 0) is 54.4 Å². The average Bonchev–Trinajstić information content (AvgIpc) is 2.96. The van der Waals surface area contributed by atoms with Gasteiger partial charge in [-0.1, -0.05) is 45.2 Å². The van der Waals surface area contributed by atoms with Gasteiger partial charge in [0.05, 0.1) is 31.0 Å². The van der Waals surface area contributed by atoms with Crippen molar-refractivity contribution < 1.29 is 39.2 Å². The van der Waals surface area contributed by atoms with Crippen molar-refractivity contribution in [1.82, 2.24) is 10.6 Å². The quantitative estimate of drug-likeness (QED) is 0.205. The first kappa shape index (κ1) is 33.3. The summed E-state index contributed by atoms with van der Waals surface area (Å²) in [5, 5.41) is 37.4. The molecule has 0 aromatic heterocycles. The molecule has 0 bridgehead atoms. The lowest BCUT2D eigenvalue weighted by atomic mass is 9.84. The zero-order chi connectivity index (χ0) is 30.0. The summed E-state index contributed by atoms with van der Waals surface area (Å²) in [5.74, 6) is -2.85. The SMILES string of the molecule is CCSCCCO[C@]1(C(=O)O)C[C@H](O)[C@@H](NC(C)=O)C([C@H](C)C(O)CNC(=O)c2ccc(C3CCCCC3)cc2)O1. The Bertz CT molecular complexity index is 1000. The van der Waals surface area contributed by atoms with Gasteiger partial charge in [0.1, 0.15) is 0 Å². The maximum atomic E-state index is 12.8. The summed E-state index contributed by atoms with van der Waals surface area (Å²) in [6.07, 6.45) is 2.70. The smallest absolute Gasteiger partial charge is 0.364 e. The highest BCUT2D eigenvalue weighted by Crippen LogP contribution is 2.36. The van der Waals surface area contributed by atoms with Crippen LogP contribution in [0.15, 0.2) is 24.3 Å². The van der Waals surface area contributed by atoms with Crippen LogP contribution in [0.3, 0.4) is 0 Å². The fourth-order valence-corrected chi connectivity index (χ4v) is 6.30. The standard InChI is InChI=1S/C30H46N2O8S/c1-4-41-16-8-15-39-30(29(37)38)17-24(34)26(32-20(3)33)27(40-30)19(2)25(35)18-31-28(36)23-13-11-22(12-14-23)21-9-6-5-7-10-21/h11-14,19,21,24-27,34-35H,4-10,15-18H2,1-3H3,(H,31,36)(H,32,33)(H,37,38)/t19-,24+,25?,26-,27?,30-/m1/s1. The highest BCUT2D eigenvalue weighted by molar-refractivity contribution is 7.99. The van der Waals surface area contributed by atoms with E-state index in [0.29, 0.717) is 17.9 Å². The van der Waals surface area contributed by atoms with E-state index in [4.69, 9.17) is 9.47 Å². The van der Waals surface area contributed by atoms with E-state index in [1.807, 2.05) is 19.1 Å².